The molecular formula is C32H41N3O4S. The summed E-state index contributed by atoms with van der Waals surface area (Å²) in [4.78, 5) is 29.1. The summed E-state index contributed by atoms with van der Waals surface area (Å²) >= 11 is 0. The normalized spacial score (nSPS) is 12.4. The summed E-state index contributed by atoms with van der Waals surface area (Å²) in [5.41, 5.74) is 2.73. The van der Waals surface area contributed by atoms with Crippen molar-refractivity contribution in [2.45, 2.75) is 70.9 Å². The number of amides is 2. The Kier molecular flexibility index (Phi) is 10.1. The van der Waals surface area contributed by atoms with E-state index in [2.05, 4.69) is 5.32 Å². The number of hydrogen-bond donors (Lipinski definition) is 1. The number of carbonyl (C=O) groups excluding carboxylic acids is 2. The van der Waals surface area contributed by atoms with Gasteiger partial charge in [-0.1, -0.05) is 67.1 Å². The van der Waals surface area contributed by atoms with E-state index in [1.165, 1.54) is 4.90 Å². The molecule has 2 amide bonds. The van der Waals surface area contributed by atoms with Gasteiger partial charge in [0.15, 0.2) is 0 Å². The molecule has 0 aliphatic heterocycles. The third-order valence-corrected chi connectivity index (χ3v) is 8.33. The first-order valence-corrected chi connectivity index (χ1v) is 15.1. The quantitative estimate of drug-likeness (QED) is 0.345. The highest BCUT2D eigenvalue weighted by molar-refractivity contribution is 7.92. The number of benzene rings is 3. The van der Waals surface area contributed by atoms with Crippen molar-refractivity contribution in [3.05, 3.63) is 95.6 Å². The molecule has 0 saturated carbocycles. The fourth-order valence-corrected chi connectivity index (χ4v) is 5.90. The van der Waals surface area contributed by atoms with E-state index in [0.29, 0.717) is 18.5 Å². The van der Waals surface area contributed by atoms with Gasteiger partial charge in [0.05, 0.1) is 10.6 Å². The zero-order valence-corrected chi connectivity index (χ0v) is 25.2. The molecular weight excluding hydrogens is 522 g/mol. The van der Waals surface area contributed by atoms with Crippen LogP contribution in [-0.2, 0) is 26.0 Å². The van der Waals surface area contributed by atoms with Crippen LogP contribution in [0.3, 0.4) is 0 Å². The van der Waals surface area contributed by atoms with Crippen molar-refractivity contribution in [1.29, 1.82) is 0 Å². The molecule has 40 heavy (non-hydrogen) atoms. The van der Waals surface area contributed by atoms with Gasteiger partial charge in [-0.15, -0.1) is 0 Å². The lowest BCUT2D eigenvalue weighted by molar-refractivity contribution is -0.140. The monoisotopic (exact) mass is 563 g/mol. The molecule has 1 N–H and O–H groups in total. The third kappa shape index (κ3) is 8.18. The van der Waals surface area contributed by atoms with Crippen LogP contribution < -0.4 is 9.62 Å². The number of carbonyl (C=O) groups is 2. The van der Waals surface area contributed by atoms with Crippen molar-refractivity contribution >= 4 is 27.5 Å². The van der Waals surface area contributed by atoms with Gasteiger partial charge in [-0.05, 0) is 82.9 Å². The number of sulfonamides is 1. The third-order valence-electron chi connectivity index (χ3n) is 6.55. The largest absolute Gasteiger partial charge is 0.350 e. The summed E-state index contributed by atoms with van der Waals surface area (Å²) in [6.07, 6.45) is 0.915. The molecule has 3 aromatic rings. The van der Waals surface area contributed by atoms with E-state index in [9.17, 15) is 18.0 Å². The molecule has 1 atom stereocenters. The smallest absolute Gasteiger partial charge is 0.264 e. The molecule has 0 heterocycles. The van der Waals surface area contributed by atoms with Crippen LogP contribution >= 0.6 is 0 Å². The zero-order valence-electron chi connectivity index (χ0n) is 24.3. The van der Waals surface area contributed by atoms with Gasteiger partial charge < -0.3 is 10.2 Å². The Labute approximate surface area is 239 Å². The van der Waals surface area contributed by atoms with Gasteiger partial charge in [0, 0.05) is 12.1 Å². The molecule has 0 aliphatic carbocycles. The van der Waals surface area contributed by atoms with Crippen molar-refractivity contribution in [1.82, 2.24) is 10.2 Å². The molecule has 0 fully saturated rings. The Morgan fingerprint density at radius 2 is 1.52 bits per heavy atom. The van der Waals surface area contributed by atoms with Crippen molar-refractivity contribution in [2.75, 3.05) is 17.4 Å². The lowest BCUT2D eigenvalue weighted by Gasteiger charge is -2.34. The highest BCUT2D eigenvalue weighted by Crippen LogP contribution is 2.25. The summed E-state index contributed by atoms with van der Waals surface area (Å²) in [5, 5.41) is 2.99. The first-order chi connectivity index (χ1) is 18.8. The van der Waals surface area contributed by atoms with Crippen molar-refractivity contribution in [3.8, 4) is 0 Å². The highest BCUT2D eigenvalue weighted by atomic mass is 32.2. The fourth-order valence-electron chi connectivity index (χ4n) is 4.50. The van der Waals surface area contributed by atoms with Crippen LogP contribution in [0, 0.1) is 13.8 Å². The summed E-state index contributed by atoms with van der Waals surface area (Å²) < 4.78 is 29.0. The van der Waals surface area contributed by atoms with Crippen LogP contribution in [0.25, 0.3) is 0 Å². The average molecular weight is 564 g/mol. The first kappa shape index (κ1) is 30.9. The lowest BCUT2D eigenvalue weighted by Crippen LogP contribution is -2.56. The summed E-state index contributed by atoms with van der Waals surface area (Å²) in [6, 6.07) is 22.6. The Morgan fingerprint density at radius 1 is 0.875 bits per heavy atom. The van der Waals surface area contributed by atoms with Crippen LogP contribution in [0.5, 0.6) is 0 Å². The maximum atomic E-state index is 14.1. The second-order valence-electron chi connectivity index (χ2n) is 11.1. The summed E-state index contributed by atoms with van der Waals surface area (Å²) in [5.74, 6) is -0.705. The number of anilines is 1. The predicted octanol–water partition coefficient (Wildman–Crippen LogP) is 5.26. The number of hydrogen-bond acceptors (Lipinski definition) is 4. The van der Waals surface area contributed by atoms with Crippen molar-refractivity contribution in [2.24, 2.45) is 0 Å². The molecule has 0 aromatic heterocycles. The van der Waals surface area contributed by atoms with Crippen LogP contribution in [0.1, 0.15) is 50.8 Å². The highest BCUT2D eigenvalue weighted by Gasteiger charge is 2.34. The zero-order chi connectivity index (χ0) is 29.5. The van der Waals surface area contributed by atoms with Crippen LogP contribution in [0.15, 0.2) is 83.8 Å². The minimum Gasteiger partial charge on any atom is -0.350 e. The van der Waals surface area contributed by atoms with Crippen LogP contribution in [0.2, 0.25) is 0 Å². The van der Waals surface area contributed by atoms with Crippen LogP contribution in [-0.4, -0.2) is 49.8 Å². The molecule has 0 bridgehead atoms. The molecule has 0 saturated heterocycles. The summed E-state index contributed by atoms with van der Waals surface area (Å²) in [6.45, 7) is 11.1. The first-order valence-electron chi connectivity index (χ1n) is 13.6. The Morgan fingerprint density at radius 3 is 2.10 bits per heavy atom. The lowest BCUT2D eigenvalue weighted by atomic mass is 10.1. The average Bonchev–Trinajstić information content (AvgIpc) is 2.89. The van der Waals surface area contributed by atoms with E-state index in [1.807, 2.05) is 77.9 Å². The Balaban J connectivity index is 2.02. The molecule has 0 spiro atoms. The van der Waals surface area contributed by atoms with Gasteiger partial charge in [0.1, 0.15) is 12.6 Å². The Bertz CT molecular complexity index is 1400. The van der Waals surface area contributed by atoms with E-state index >= 15 is 0 Å². The molecule has 3 aromatic carbocycles. The van der Waals surface area contributed by atoms with Gasteiger partial charge in [-0.2, -0.15) is 0 Å². The number of aryl methyl sites for hydroxylation is 2. The molecule has 3 rings (SSSR count). The molecule has 8 heteroatoms. The molecule has 0 radical (unpaired) electrons. The standard InChI is InChI=1S/C32H41N3O4S/c1-7-29(31(37)33-32(4,5)6)34(21-20-26-13-9-8-10-14-26)30(36)23-35(27-15-11-12-25(3)22-27)40(38,39)28-18-16-24(2)17-19-28/h8-19,22,29H,7,20-21,23H2,1-6H3,(H,33,37)/t29-/m1/s1. The van der Waals surface area contributed by atoms with Crippen molar-refractivity contribution < 1.29 is 18.0 Å². The van der Waals surface area contributed by atoms with Gasteiger partial charge in [0.2, 0.25) is 11.8 Å². The molecule has 0 unspecified atom stereocenters. The predicted molar refractivity (Wildman–Crippen MR) is 161 cm³/mol. The van der Waals surface area contributed by atoms with Gasteiger partial charge >= 0.3 is 0 Å². The minimum absolute atomic E-state index is 0.0979. The molecule has 0 aliphatic rings. The number of rotatable bonds is 11. The van der Waals surface area contributed by atoms with Gasteiger partial charge in [-0.25, -0.2) is 8.42 Å². The summed E-state index contributed by atoms with van der Waals surface area (Å²) in [7, 11) is -4.08. The molecule has 214 valence electrons. The van der Waals surface area contributed by atoms with E-state index in [1.54, 1.807) is 42.5 Å². The number of nitrogens with zero attached hydrogens (tertiary/aromatic N) is 2. The van der Waals surface area contributed by atoms with Crippen molar-refractivity contribution in [3.63, 3.8) is 0 Å². The van der Waals surface area contributed by atoms with Crippen LogP contribution in [0.4, 0.5) is 5.69 Å². The SMILES string of the molecule is CC[C@H](C(=O)NC(C)(C)C)N(CCc1ccccc1)C(=O)CN(c1cccc(C)c1)S(=O)(=O)c1ccc(C)cc1. The van der Waals surface area contributed by atoms with Gasteiger partial charge in [0.25, 0.3) is 10.0 Å². The molecule has 7 nitrogen and oxygen atoms in total. The topological polar surface area (TPSA) is 86.8 Å². The second kappa shape index (κ2) is 13.1. The van der Waals surface area contributed by atoms with E-state index in [4.69, 9.17) is 0 Å². The minimum atomic E-state index is -4.08. The fraction of sp³-hybridized carbons (Fsp3) is 0.375. The second-order valence-corrected chi connectivity index (χ2v) is 13.0. The number of nitrogens with one attached hydrogen (secondary N) is 1. The maximum absolute atomic E-state index is 14.1. The van der Waals surface area contributed by atoms with E-state index in [0.717, 1.165) is 21.0 Å². The van der Waals surface area contributed by atoms with Gasteiger partial charge in [-0.3, -0.25) is 13.9 Å². The van der Waals surface area contributed by atoms with E-state index in [-0.39, 0.29) is 17.3 Å². The maximum Gasteiger partial charge on any atom is 0.264 e. The Hall–Kier alpha value is -3.65. The van der Waals surface area contributed by atoms with E-state index < -0.39 is 34.1 Å².